The van der Waals surface area contributed by atoms with Crippen molar-refractivity contribution in [3.63, 3.8) is 0 Å². The first-order chi connectivity index (χ1) is 7.91. The fraction of sp³-hybridized carbons (Fsp3) is 1.00. The van der Waals surface area contributed by atoms with Gasteiger partial charge in [-0.25, -0.2) is 0 Å². The summed E-state index contributed by atoms with van der Waals surface area (Å²) in [5.41, 5.74) is 0. The van der Waals surface area contributed by atoms with Crippen molar-refractivity contribution in [2.75, 3.05) is 0 Å². The molecule has 0 aromatic rings. The van der Waals surface area contributed by atoms with Gasteiger partial charge in [0.05, 0.1) is 0 Å². The van der Waals surface area contributed by atoms with E-state index in [1.165, 1.54) is 0 Å². The predicted octanol–water partition coefficient (Wildman–Crippen LogP) is 5.45. The summed E-state index contributed by atoms with van der Waals surface area (Å²) in [6.45, 7) is 8.99. The van der Waals surface area contributed by atoms with Gasteiger partial charge in [-0.1, -0.05) is 0 Å². The van der Waals surface area contributed by atoms with Crippen LogP contribution in [0.1, 0.15) is 27.7 Å². The van der Waals surface area contributed by atoms with Crippen LogP contribution in [0, 0.1) is 0 Å². The molecule has 1 rings (SSSR count). The second kappa shape index (κ2) is 6.08. The summed E-state index contributed by atoms with van der Waals surface area (Å²) in [4.78, 5) is 4.75. The molecule has 0 aromatic carbocycles. The molecule has 0 bridgehead atoms. The fourth-order valence-electron chi connectivity index (χ4n) is 3.56. The van der Waals surface area contributed by atoms with E-state index in [1.54, 1.807) is 0 Å². The first-order valence-electron chi connectivity index (χ1n) is 6.27. The molecule has 0 spiro atoms. The third-order valence-electron chi connectivity index (χ3n) is 4.29. The molecule has 0 saturated carbocycles. The fourth-order valence-corrected chi connectivity index (χ4v) is 118. The van der Waals surface area contributed by atoms with Gasteiger partial charge in [0.15, 0.2) is 0 Å². The average Bonchev–Trinajstić information content (AvgIpc) is 2.20. The zero-order valence-corrected chi connectivity index (χ0v) is 20.5. The Labute approximate surface area is 136 Å². The Kier molecular flexibility index (Phi) is 6.33. The maximum atomic E-state index is 6.68. The number of halogens is 4. The van der Waals surface area contributed by atoms with Gasteiger partial charge in [0.2, 0.25) is 0 Å². The number of hydrogen-bond acceptors (Lipinski definition) is 1. The first kappa shape index (κ1) is 18.8. The van der Waals surface area contributed by atoms with E-state index in [1.807, 2.05) is 0 Å². The summed E-state index contributed by atoms with van der Waals surface area (Å²) in [5.74, 6) is 0. The molecule has 1 aliphatic rings. The zero-order chi connectivity index (χ0) is 14.5. The van der Waals surface area contributed by atoms with Gasteiger partial charge in [0.1, 0.15) is 0 Å². The zero-order valence-electron chi connectivity index (χ0n) is 11.7. The normalized spacial score (nSPS) is 34.0. The number of hydrogen-bond donors (Lipinski definition) is 0. The van der Waals surface area contributed by atoms with E-state index in [9.17, 15) is 0 Å². The van der Waals surface area contributed by atoms with E-state index in [2.05, 4.69) is 37.6 Å². The molecule has 2 atom stereocenters. The van der Waals surface area contributed by atoms with Crippen molar-refractivity contribution in [2.45, 2.75) is 58.7 Å². The Morgan fingerprint density at radius 3 is 1.72 bits per heavy atom. The second-order valence-electron chi connectivity index (χ2n) is 6.29. The van der Waals surface area contributed by atoms with Crippen LogP contribution in [0.15, 0.2) is 0 Å². The van der Waals surface area contributed by atoms with Gasteiger partial charge in [-0.05, 0) is 0 Å². The number of rotatable bonds is 2. The van der Waals surface area contributed by atoms with Crippen LogP contribution in [0.4, 0.5) is 0 Å². The standard InChI is InChI=1S/C3H2Cl4O.2C3H7.2CH3.2Sn/c4-1-2(5)3(6,7)8;2*1-3-2;;;;/h1-2H;2*3H,1-2H3;2*1H3;;/q-1;;;;;;+1. The van der Waals surface area contributed by atoms with Crippen molar-refractivity contribution in [2.24, 2.45) is 0 Å². The summed E-state index contributed by atoms with van der Waals surface area (Å²) in [6.07, 6.45) is 0. The molecule has 0 N–H and O–H groups in total. The summed E-state index contributed by atoms with van der Waals surface area (Å²) in [6, 6.07) is 0. The van der Waals surface area contributed by atoms with Crippen LogP contribution < -0.4 is 0 Å². The predicted molar refractivity (Wildman–Crippen MR) is 88.2 cm³/mol. The summed E-state index contributed by atoms with van der Waals surface area (Å²) in [5, 5.41) is -0.504. The van der Waals surface area contributed by atoms with Crippen LogP contribution in [0.2, 0.25) is 17.7 Å². The van der Waals surface area contributed by atoms with Crippen molar-refractivity contribution in [3.8, 4) is 0 Å². The molecule has 1 nitrogen and oxygen atoms in total. The second-order valence-corrected chi connectivity index (χ2v) is 72.5. The van der Waals surface area contributed by atoms with Gasteiger partial charge in [0.25, 0.3) is 0 Å². The van der Waals surface area contributed by atoms with Crippen molar-refractivity contribution < 1.29 is 3.07 Å². The molecule has 0 amide bonds. The van der Waals surface area contributed by atoms with Crippen LogP contribution in [0.5, 0.6) is 0 Å². The first-order valence-corrected chi connectivity index (χ1v) is 30.7. The van der Waals surface area contributed by atoms with Gasteiger partial charge in [-0.3, -0.25) is 0 Å². The van der Waals surface area contributed by atoms with Crippen molar-refractivity contribution in [1.82, 2.24) is 0 Å². The molecule has 1 fully saturated rings. The van der Waals surface area contributed by atoms with E-state index >= 15 is 0 Å². The Balaban J connectivity index is 3.40. The van der Waals surface area contributed by atoms with Gasteiger partial charge in [-0.2, -0.15) is 0 Å². The topological polar surface area (TPSA) is 9.23 Å². The molecule has 1 saturated heterocycles. The number of alkyl halides is 4. The van der Waals surface area contributed by atoms with E-state index in [0.29, 0.717) is 7.87 Å². The molecule has 2 unspecified atom stereocenters. The van der Waals surface area contributed by atoms with Crippen LogP contribution in [0.25, 0.3) is 0 Å². The third kappa shape index (κ3) is 2.81. The van der Waals surface area contributed by atoms with Gasteiger partial charge in [0, 0.05) is 0 Å². The molecule has 108 valence electrons. The van der Waals surface area contributed by atoms with E-state index in [4.69, 9.17) is 49.5 Å². The SMILES string of the molecule is C[CH](C)[Sn]1([CH](C)C)[O]C(Cl)(Cl)C(Cl)[CH](Cl)[Sn]1([CH3])[CH3]. The molecular formula is C11H22Cl4OSn2. The van der Waals surface area contributed by atoms with Crippen LogP contribution in [-0.4, -0.2) is 42.6 Å². The van der Waals surface area contributed by atoms with Gasteiger partial charge < -0.3 is 0 Å². The van der Waals surface area contributed by atoms with E-state index in [0.717, 1.165) is 0 Å². The average molecular weight is 550 g/mol. The quantitative estimate of drug-likeness (QED) is 0.329. The monoisotopic (exact) mass is 550 g/mol. The minimum atomic E-state index is -2.98. The minimum absolute atomic E-state index is 0.0645. The maximum absolute atomic E-state index is 6.68. The van der Waals surface area contributed by atoms with Gasteiger partial charge in [-0.15, -0.1) is 0 Å². The van der Waals surface area contributed by atoms with Gasteiger partial charge >= 0.3 is 137 Å². The van der Waals surface area contributed by atoms with Crippen molar-refractivity contribution in [3.05, 3.63) is 0 Å². The van der Waals surface area contributed by atoms with Crippen LogP contribution >= 0.6 is 46.4 Å². The molecule has 0 radical (unpaired) electrons. The van der Waals surface area contributed by atoms with E-state index in [-0.39, 0.29) is 3.39 Å². The Hall–Kier alpha value is 2.72. The molecule has 0 aliphatic carbocycles. The molecule has 1 aliphatic heterocycles. The molecular weight excluding hydrogens is 527 g/mol. The van der Waals surface area contributed by atoms with Crippen molar-refractivity contribution >= 4 is 75.7 Å². The van der Waals surface area contributed by atoms with E-state index < -0.39 is 39.2 Å². The summed E-state index contributed by atoms with van der Waals surface area (Å²) in [7, 11) is 0. The molecule has 0 aromatic heterocycles. The summed E-state index contributed by atoms with van der Waals surface area (Å²) < 4.78 is 6.06. The molecule has 18 heavy (non-hydrogen) atoms. The van der Waals surface area contributed by atoms with Crippen molar-refractivity contribution in [1.29, 1.82) is 0 Å². The summed E-state index contributed by atoms with van der Waals surface area (Å²) >= 11 is 20.1. The third-order valence-corrected chi connectivity index (χ3v) is 105. The van der Waals surface area contributed by atoms with Crippen LogP contribution in [-0.2, 0) is 3.07 Å². The van der Waals surface area contributed by atoms with Crippen LogP contribution in [0.3, 0.4) is 0 Å². The Morgan fingerprint density at radius 2 is 1.39 bits per heavy atom. The molecule has 1 heterocycles. The molecule has 7 heteroatoms. The Bertz CT molecular complexity index is 312. The Morgan fingerprint density at radius 1 is 1.00 bits per heavy atom.